The molecule has 0 saturated carbocycles. The first-order chi connectivity index (χ1) is 13.4. The van der Waals surface area contributed by atoms with Crippen LogP contribution in [0.25, 0.3) is 0 Å². The maximum Gasteiger partial charge on any atom is 0.286 e. The monoisotopic (exact) mass is 405 g/mol. The van der Waals surface area contributed by atoms with Crippen molar-refractivity contribution in [2.75, 3.05) is 45.3 Å². The molecule has 0 aliphatic carbocycles. The van der Waals surface area contributed by atoms with Gasteiger partial charge in [-0.15, -0.1) is 0 Å². The fourth-order valence-electron chi connectivity index (χ4n) is 3.20. The van der Waals surface area contributed by atoms with Crippen LogP contribution in [0.5, 0.6) is 11.5 Å². The Balaban J connectivity index is 1.80. The van der Waals surface area contributed by atoms with Crippen molar-refractivity contribution in [2.45, 2.75) is 0 Å². The van der Waals surface area contributed by atoms with E-state index < -0.39 is 10.8 Å². The standard InChI is InChI=1S/C19H20ClN3O5/c1-27-17-11-15(16(23(25)26)12-18(17)28-2)19(24)22-8-6-21(7-9-22)14-5-3-4-13(20)10-14/h3-5,10-12H,6-9H2,1-2H3. The van der Waals surface area contributed by atoms with Gasteiger partial charge in [-0.3, -0.25) is 14.9 Å². The quantitative estimate of drug-likeness (QED) is 0.560. The van der Waals surface area contributed by atoms with E-state index in [-0.39, 0.29) is 22.7 Å². The molecule has 2 aromatic carbocycles. The zero-order chi connectivity index (χ0) is 20.3. The van der Waals surface area contributed by atoms with E-state index in [4.69, 9.17) is 21.1 Å². The number of halogens is 1. The number of benzene rings is 2. The predicted molar refractivity (Wildman–Crippen MR) is 106 cm³/mol. The van der Waals surface area contributed by atoms with Crippen molar-refractivity contribution in [1.29, 1.82) is 0 Å². The van der Waals surface area contributed by atoms with Crippen LogP contribution < -0.4 is 14.4 Å². The summed E-state index contributed by atoms with van der Waals surface area (Å²) in [6, 6.07) is 10.1. The fourth-order valence-corrected chi connectivity index (χ4v) is 3.39. The van der Waals surface area contributed by atoms with Crippen molar-refractivity contribution < 1.29 is 19.2 Å². The second kappa shape index (κ2) is 8.35. The molecule has 0 atom stereocenters. The number of nitro benzene ring substituents is 1. The molecular weight excluding hydrogens is 386 g/mol. The Morgan fingerprint density at radius 1 is 1.07 bits per heavy atom. The van der Waals surface area contributed by atoms with E-state index in [1.54, 1.807) is 11.0 Å². The van der Waals surface area contributed by atoms with E-state index in [9.17, 15) is 14.9 Å². The van der Waals surface area contributed by atoms with Gasteiger partial charge in [-0.2, -0.15) is 0 Å². The first-order valence-electron chi connectivity index (χ1n) is 8.64. The lowest BCUT2D eigenvalue weighted by atomic mass is 10.1. The lowest BCUT2D eigenvalue weighted by Crippen LogP contribution is -2.48. The molecule has 0 unspecified atom stereocenters. The largest absolute Gasteiger partial charge is 0.493 e. The number of nitrogens with zero attached hydrogens (tertiary/aromatic N) is 3. The van der Waals surface area contributed by atoms with E-state index in [2.05, 4.69) is 4.90 Å². The van der Waals surface area contributed by atoms with Crippen LogP contribution in [0.15, 0.2) is 36.4 Å². The number of ether oxygens (including phenoxy) is 2. The summed E-state index contributed by atoms with van der Waals surface area (Å²) in [5.41, 5.74) is 0.662. The van der Waals surface area contributed by atoms with Gasteiger partial charge in [0.2, 0.25) is 0 Å². The van der Waals surface area contributed by atoms with Gasteiger partial charge in [-0.05, 0) is 18.2 Å². The van der Waals surface area contributed by atoms with Gasteiger partial charge in [0.15, 0.2) is 11.5 Å². The molecule has 0 aromatic heterocycles. The van der Waals surface area contributed by atoms with E-state index in [1.807, 2.05) is 18.2 Å². The highest BCUT2D eigenvalue weighted by Crippen LogP contribution is 2.35. The summed E-state index contributed by atoms with van der Waals surface area (Å²) in [6.45, 7) is 2.09. The number of rotatable bonds is 5. The van der Waals surface area contributed by atoms with Crippen LogP contribution in [-0.2, 0) is 0 Å². The van der Waals surface area contributed by atoms with Crippen molar-refractivity contribution in [1.82, 2.24) is 4.90 Å². The number of methoxy groups -OCH3 is 2. The number of hydrogen-bond donors (Lipinski definition) is 0. The van der Waals surface area contributed by atoms with Gasteiger partial charge in [0.05, 0.1) is 25.2 Å². The Labute approximate surface area is 167 Å². The molecule has 2 aromatic rings. The number of piperazine rings is 1. The van der Waals surface area contributed by atoms with Gasteiger partial charge in [0.25, 0.3) is 11.6 Å². The molecule has 3 rings (SSSR count). The van der Waals surface area contributed by atoms with Crippen molar-refractivity contribution in [3.05, 3.63) is 57.1 Å². The molecule has 0 bridgehead atoms. The Kier molecular flexibility index (Phi) is 5.89. The van der Waals surface area contributed by atoms with Gasteiger partial charge < -0.3 is 19.3 Å². The summed E-state index contributed by atoms with van der Waals surface area (Å²) in [5, 5.41) is 12.1. The predicted octanol–water partition coefficient (Wildman–Crippen LogP) is 3.23. The summed E-state index contributed by atoms with van der Waals surface area (Å²) < 4.78 is 10.3. The number of carbonyl (C=O) groups excluding carboxylic acids is 1. The molecule has 1 amide bonds. The molecule has 1 aliphatic heterocycles. The molecule has 0 spiro atoms. The molecule has 1 aliphatic rings. The molecule has 8 nitrogen and oxygen atoms in total. The van der Waals surface area contributed by atoms with Crippen molar-refractivity contribution in [2.24, 2.45) is 0 Å². The first-order valence-corrected chi connectivity index (χ1v) is 9.02. The molecule has 28 heavy (non-hydrogen) atoms. The van der Waals surface area contributed by atoms with E-state index in [1.165, 1.54) is 26.4 Å². The van der Waals surface area contributed by atoms with Gasteiger partial charge >= 0.3 is 0 Å². The van der Waals surface area contributed by atoms with Gasteiger partial charge in [0.1, 0.15) is 5.56 Å². The minimum atomic E-state index is -0.586. The van der Waals surface area contributed by atoms with Crippen molar-refractivity contribution >= 4 is 28.9 Å². The highest BCUT2D eigenvalue weighted by Gasteiger charge is 2.30. The molecule has 9 heteroatoms. The Morgan fingerprint density at radius 2 is 1.71 bits per heavy atom. The lowest BCUT2D eigenvalue weighted by Gasteiger charge is -2.36. The van der Waals surface area contributed by atoms with E-state index >= 15 is 0 Å². The van der Waals surface area contributed by atoms with Gasteiger partial charge in [-0.1, -0.05) is 17.7 Å². The number of amides is 1. The van der Waals surface area contributed by atoms with Crippen LogP contribution >= 0.6 is 11.6 Å². The van der Waals surface area contributed by atoms with Gasteiger partial charge in [-0.25, -0.2) is 0 Å². The van der Waals surface area contributed by atoms with Crippen LogP contribution in [0.4, 0.5) is 11.4 Å². The second-order valence-corrected chi connectivity index (χ2v) is 6.68. The minimum Gasteiger partial charge on any atom is -0.493 e. The van der Waals surface area contributed by atoms with Crippen molar-refractivity contribution in [3.63, 3.8) is 0 Å². The first kappa shape index (κ1) is 19.8. The Morgan fingerprint density at radius 3 is 2.29 bits per heavy atom. The SMILES string of the molecule is COc1cc(C(=O)N2CCN(c3cccc(Cl)c3)CC2)c([N+](=O)[O-])cc1OC. The minimum absolute atomic E-state index is 0.0149. The average molecular weight is 406 g/mol. The van der Waals surface area contributed by atoms with Crippen LogP contribution in [0, 0.1) is 10.1 Å². The van der Waals surface area contributed by atoms with Crippen LogP contribution in [0.3, 0.4) is 0 Å². The van der Waals surface area contributed by atoms with Crippen LogP contribution in [-0.4, -0.2) is 56.1 Å². The second-order valence-electron chi connectivity index (χ2n) is 6.24. The lowest BCUT2D eigenvalue weighted by molar-refractivity contribution is -0.385. The highest BCUT2D eigenvalue weighted by atomic mass is 35.5. The third-order valence-electron chi connectivity index (χ3n) is 4.67. The normalized spacial score (nSPS) is 14.0. The molecular formula is C19H20ClN3O5. The molecule has 1 fully saturated rings. The molecule has 0 radical (unpaired) electrons. The summed E-state index contributed by atoms with van der Waals surface area (Å²) in [6.07, 6.45) is 0. The maximum absolute atomic E-state index is 13.0. The van der Waals surface area contributed by atoms with Crippen LogP contribution in [0.1, 0.15) is 10.4 Å². The van der Waals surface area contributed by atoms with Gasteiger partial charge in [0, 0.05) is 43.0 Å². The molecule has 148 valence electrons. The zero-order valence-electron chi connectivity index (χ0n) is 15.6. The molecule has 1 heterocycles. The Hall–Kier alpha value is -3.00. The smallest absolute Gasteiger partial charge is 0.286 e. The summed E-state index contributed by atoms with van der Waals surface area (Å²) in [5.74, 6) is 0.0731. The number of hydrogen-bond acceptors (Lipinski definition) is 6. The number of carbonyl (C=O) groups is 1. The summed E-state index contributed by atoms with van der Waals surface area (Å²) >= 11 is 6.05. The summed E-state index contributed by atoms with van der Waals surface area (Å²) in [7, 11) is 2.81. The molecule has 0 N–H and O–H groups in total. The third kappa shape index (κ3) is 3.96. The molecule has 1 saturated heterocycles. The summed E-state index contributed by atoms with van der Waals surface area (Å²) in [4.78, 5) is 27.6. The maximum atomic E-state index is 13.0. The average Bonchev–Trinajstić information content (AvgIpc) is 2.72. The highest BCUT2D eigenvalue weighted by molar-refractivity contribution is 6.30. The van der Waals surface area contributed by atoms with E-state index in [0.717, 1.165) is 5.69 Å². The zero-order valence-corrected chi connectivity index (χ0v) is 16.3. The topological polar surface area (TPSA) is 85.2 Å². The number of nitro groups is 1. The van der Waals surface area contributed by atoms with Crippen LogP contribution in [0.2, 0.25) is 5.02 Å². The van der Waals surface area contributed by atoms with E-state index in [0.29, 0.717) is 31.2 Å². The van der Waals surface area contributed by atoms with Crippen molar-refractivity contribution in [3.8, 4) is 11.5 Å². The Bertz CT molecular complexity index is 897. The fraction of sp³-hybridized carbons (Fsp3) is 0.316. The third-order valence-corrected chi connectivity index (χ3v) is 4.90. The number of anilines is 1.